The van der Waals surface area contributed by atoms with Crippen LogP contribution >= 0.6 is 0 Å². The molecule has 66 heavy (non-hydrogen) atoms. The number of carbonyl (C=O) groups excluding carboxylic acids is 5. The van der Waals surface area contributed by atoms with Gasteiger partial charge in [-0.2, -0.15) is 0 Å². The normalized spacial score (nSPS) is 29.2. The average molecular weight is 937 g/mol. The molecule has 23 heteroatoms. The van der Waals surface area contributed by atoms with E-state index in [9.17, 15) is 59.1 Å². The summed E-state index contributed by atoms with van der Waals surface area (Å²) in [5.74, 6) is -6.07. The van der Waals surface area contributed by atoms with Gasteiger partial charge in [-0.25, -0.2) is 4.79 Å². The highest BCUT2D eigenvalue weighted by Gasteiger charge is 2.57. The number of rotatable bonds is 23. The summed E-state index contributed by atoms with van der Waals surface area (Å²) in [6.07, 6.45) is -8.94. The molecule has 1 aromatic rings. The second-order valence-corrected chi connectivity index (χ2v) is 17.6. The maximum atomic E-state index is 13.6. The zero-order chi connectivity index (χ0) is 47.7. The van der Waals surface area contributed by atoms with E-state index in [4.69, 9.17) is 28.4 Å². The Balaban J connectivity index is 0.955. The summed E-state index contributed by atoms with van der Waals surface area (Å²) in [4.78, 5) is 89.7. The first-order valence-corrected chi connectivity index (χ1v) is 22.3. The van der Waals surface area contributed by atoms with E-state index in [0.29, 0.717) is 50.0 Å². The smallest absolute Gasteiger partial charge is 0.335 e. The van der Waals surface area contributed by atoms with Crippen LogP contribution in [-0.2, 0) is 63.8 Å². The number of imide groups is 1. The molecule has 6 rings (SSSR count). The number of likely N-dealkylation sites (N-methyl/N-ethyl adjacent to an activating group) is 1. The van der Waals surface area contributed by atoms with E-state index in [0.717, 1.165) is 5.56 Å². The summed E-state index contributed by atoms with van der Waals surface area (Å²) in [5, 5.41) is 55.9. The predicted molar refractivity (Wildman–Crippen MR) is 224 cm³/mol. The van der Waals surface area contributed by atoms with E-state index < -0.39 is 72.6 Å². The molecule has 23 nitrogen and oxygen atoms in total. The lowest BCUT2D eigenvalue weighted by Gasteiger charge is -2.43. The van der Waals surface area contributed by atoms with Gasteiger partial charge in [0, 0.05) is 37.3 Å². The first-order chi connectivity index (χ1) is 31.5. The molecule has 5 fully saturated rings. The van der Waals surface area contributed by atoms with Crippen molar-refractivity contribution in [2.75, 3.05) is 91.3 Å². The Morgan fingerprint density at radius 2 is 1.45 bits per heavy atom. The summed E-state index contributed by atoms with van der Waals surface area (Å²) in [6.45, 7) is 5.46. The first kappa shape index (κ1) is 50.6. The molecule has 0 radical (unpaired) electrons. The maximum absolute atomic E-state index is 13.6. The quantitative estimate of drug-likeness (QED) is 0.0351. The molecule has 5 aliphatic rings. The number of carbonyl (C=O) groups is 7. The molecule has 5 amide bonds. The summed E-state index contributed by atoms with van der Waals surface area (Å²) in [7, 11) is 2.00. The molecule has 5 unspecified atom stereocenters. The molecule has 5 heterocycles. The fourth-order valence-corrected chi connectivity index (χ4v) is 9.00. The zero-order valence-electron chi connectivity index (χ0n) is 37.1. The average Bonchev–Trinajstić information content (AvgIpc) is 3.96. The maximum Gasteiger partial charge on any atom is 0.335 e. The Morgan fingerprint density at radius 3 is 2.09 bits per heavy atom. The highest BCUT2D eigenvalue weighted by atomic mass is 16.7. The van der Waals surface area contributed by atoms with Gasteiger partial charge in [-0.1, -0.05) is 6.92 Å². The summed E-state index contributed by atoms with van der Waals surface area (Å²) in [5.41, 5.74) is 0.832. The number of carboxylic acids is 2. The van der Waals surface area contributed by atoms with Gasteiger partial charge < -0.3 is 74.0 Å². The van der Waals surface area contributed by atoms with Crippen LogP contribution in [-0.4, -0.2) is 210 Å². The van der Waals surface area contributed by atoms with Crippen molar-refractivity contribution >= 4 is 47.2 Å². The second kappa shape index (κ2) is 22.8. The lowest BCUT2D eigenvalue weighted by molar-refractivity contribution is -0.926. The minimum atomic E-state index is -1.95. The van der Waals surface area contributed by atoms with E-state index in [2.05, 4.69) is 10.6 Å². The lowest BCUT2D eigenvalue weighted by Crippen LogP contribution is -2.61. The van der Waals surface area contributed by atoms with Gasteiger partial charge >= 0.3 is 11.9 Å². The second-order valence-electron chi connectivity index (χ2n) is 17.6. The third-order valence-corrected chi connectivity index (χ3v) is 12.7. The van der Waals surface area contributed by atoms with Crippen molar-refractivity contribution in [3.8, 4) is 5.75 Å². The molecule has 5 saturated heterocycles. The number of quaternary nitrogens is 1. The SMILES string of the molecule is CC1CC(=O)N(CCOCCOCCOCCC(=O)NCCC(=O)Nc2cc(C[N+]3(C)CCN(C(=O)C4C5CCC(O5)C4C(=O)O)CC3)ccc2O[C@@H]2O[C@H](C(=O)O)[C@@H](O)[C@H](O)[C@H]2O)C1=O. The number of nitrogens with zero attached hydrogens (tertiary/aromatic N) is 3. The number of ether oxygens (including phenoxy) is 6. The van der Waals surface area contributed by atoms with E-state index in [1.807, 2.05) is 7.05 Å². The Hall–Kier alpha value is -4.85. The standard InChI is InChI=1S/C43H61N5O18/c1-24-21-32(51)47(39(24)55)12-16-62-18-20-63-19-17-61-15-8-30(49)44-9-7-31(50)45-26-22-25(3-4-27(26)65-43-37(54)35(52)36(53)38(66-43)42(59)60)23-48(2)13-10-46(11-14-48)40(56)33-28-5-6-29(64-28)34(33)41(57)58/h3-4,22,24,28-29,33-38,43,52-54H,5-21,23H2,1-2H3,(H3-,44,45,49,50,57,58,59,60)/p+1/t24?,28?,29?,33?,34?,35-,36-,37+,38-,43+/m0/s1. The molecule has 0 aliphatic carbocycles. The molecular weight excluding hydrogens is 874 g/mol. The van der Waals surface area contributed by atoms with E-state index in [-0.39, 0.29) is 113 Å². The predicted octanol–water partition coefficient (Wildman–Crippen LogP) is -2.10. The number of fused-ring (bicyclic) bond motifs is 2. The van der Waals surface area contributed by atoms with Crippen LogP contribution in [0.5, 0.6) is 5.75 Å². The summed E-state index contributed by atoms with van der Waals surface area (Å²) < 4.78 is 33.8. The Morgan fingerprint density at radius 1 is 0.803 bits per heavy atom. The van der Waals surface area contributed by atoms with Crippen LogP contribution in [0.25, 0.3) is 0 Å². The van der Waals surface area contributed by atoms with Crippen LogP contribution in [0.1, 0.15) is 44.6 Å². The van der Waals surface area contributed by atoms with Crippen LogP contribution in [0, 0.1) is 17.8 Å². The van der Waals surface area contributed by atoms with E-state index in [1.54, 1.807) is 24.0 Å². The van der Waals surface area contributed by atoms with Crippen molar-refractivity contribution in [3.63, 3.8) is 0 Å². The summed E-state index contributed by atoms with van der Waals surface area (Å²) >= 11 is 0. The number of piperazine rings is 1. The fourth-order valence-electron chi connectivity index (χ4n) is 9.00. The van der Waals surface area contributed by atoms with Gasteiger partial charge in [0.1, 0.15) is 30.6 Å². The third kappa shape index (κ3) is 12.6. The highest BCUT2D eigenvalue weighted by Crippen LogP contribution is 2.44. The molecular formula is C43H62N5O18+. The van der Waals surface area contributed by atoms with Gasteiger partial charge in [0.05, 0.1) is 109 Å². The number of aliphatic hydroxyl groups is 3. The van der Waals surface area contributed by atoms with Crippen LogP contribution in [0.3, 0.4) is 0 Å². The molecule has 0 saturated carbocycles. The lowest BCUT2D eigenvalue weighted by atomic mass is 9.78. The monoisotopic (exact) mass is 936 g/mol. The van der Waals surface area contributed by atoms with Gasteiger partial charge in [0.15, 0.2) is 6.10 Å². The number of hydrogen-bond donors (Lipinski definition) is 7. The molecule has 0 aromatic heterocycles. The van der Waals surface area contributed by atoms with Gasteiger partial charge in [-0.15, -0.1) is 0 Å². The zero-order valence-corrected chi connectivity index (χ0v) is 37.1. The van der Waals surface area contributed by atoms with E-state index >= 15 is 0 Å². The highest BCUT2D eigenvalue weighted by molar-refractivity contribution is 6.03. The Bertz CT molecular complexity index is 1930. The van der Waals surface area contributed by atoms with Gasteiger partial charge in [-0.05, 0) is 31.0 Å². The van der Waals surface area contributed by atoms with Crippen molar-refractivity contribution in [2.45, 2.75) is 88.5 Å². The van der Waals surface area contributed by atoms with Crippen molar-refractivity contribution < 1.29 is 92.0 Å². The van der Waals surface area contributed by atoms with Crippen LogP contribution < -0.4 is 15.4 Å². The molecule has 10 atom stereocenters. The van der Waals surface area contributed by atoms with Gasteiger partial charge in [-0.3, -0.25) is 33.7 Å². The molecule has 5 aliphatic heterocycles. The Kier molecular flexibility index (Phi) is 17.4. The topological polar surface area (TPSA) is 307 Å². The number of likely N-dealkylation sites (tertiary alicyclic amines) is 1. The van der Waals surface area contributed by atoms with Gasteiger partial charge in [0.2, 0.25) is 35.8 Å². The third-order valence-electron chi connectivity index (χ3n) is 12.7. The number of benzene rings is 1. The van der Waals surface area contributed by atoms with Crippen molar-refractivity contribution in [1.82, 2.24) is 15.1 Å². The fraction of sp³-hybridized carbons (Fsp3) is 0.698. The van der Waals surface area contributed by atoms with Crippen molar-refractivity contribution in [1.29, 1.82) is 0 Å². The number of aliphatic hydroxyl groups excluding tert-OH is 3. The number of hydrogen-bond acceptors (Lipinski definition) is 16. The minimum Gasteiger partial charge on any atom is -0.481 e. The molecule has 0 spiro atoms. The molecule has 366 valence electrons. The molecule has 2 bridgehead atoms. The first-order valence-electron chi connectivity index (χ1n) is 22.3. The van der Waals surface area contributed by atoms with Crippen molar-refractivity contribution in [2.24, 2.45) is 17.8 Å². The molecule has 1 aromatic carbocycles. The van der Waals surface area contributed by atoms with Crippen LogP contribution in [0.15, 0.2) is 18.2 Å². The Labute approximate surface area is 380 Å². The minimum absolute atomic E-state index is 0.0146. The van der Waals surface area contributed by atoms with E-state index in [1.165, 1.54) is 11.0 Å². The largest absolute Gasteiger partial charge is 0.481 e. The molecule has 7 N–H and O–H groups in total. The van der Waals surface area contributed by atoms with Gasteiger partial charge in [0.25, 0.3) is 0 Å². The number of aliphatic carboxylic acids is 2. The number of carboxylic acid groups (broad SMARTS) is 2. The number of amides is 5. The summed E-state index contributed by atoms with van der Waals surface area (Å²) in [6, 6.07) is 4.80. The van der Waals surface area contributed by atoms with Crippen LogP contribution in [0.2, 0.25) is 0 Å². The van der Waals surface area contributed by atoms with Crippen LogP contribution in [0.4, 0.5) is 5.69 Å². The number of anilines is 1. The number of nitrogens with one attached hydrogen (secondary N) is 2. The van der Waals surface area contributed by atoms with Crippen molar-refractivity contribution in [3.05, 3.63) is 23.8 Å².